The number of rotatable bonds is 10. The van der Waals surface area contributed by atoms with Gasteiger partial charge in [-0.3, -0.25) is 10.6 Å². The van der Waals surface area contributed by atoms with Crippen molar-refractivity contribution in [2.24, 2.45) is 0 Å². The molecule has 6 nitrogen and oxygen atoms in total. The van der Waals surface area contributed by atoms with E-state index in [1.807, 2.05) is 10.6 Å². The van der Waals surface area contributed by atoms with Crippen molar-refractivity contribution in [2.75, 3.05) is 10.6 Å². The summed E-state index contributed by atoms with van der Waals surface area (Å²) >= 11 is 0. The molecule has 0 aromatic heterocycles. The number of anilines is 2. The summed E-state index contributed by atoms with van der Waals surface area (Å²) in [5.74, 6) is -18.0. The summed E-state index contributed by atoms with van der Waals surface area (Å²) in [6.07, 6.45) is -22.1. The lowest BCUT2D eigenvalue weighted by Crippen LogP contribution is -2.68. The molecule has 0 unspecified atom stereocenters. The van der Waals surface area contributed by atoms with E-state index in [-0.39, 0.29) is 48.5 Å². The third-order valence-corrected chi connectivity index (χ3v) is 7.65. The highest BCUT2D eigenvalue weighted by Gasteiger charge is 2.85. The van der Waals surface area contributed by atoms with Gasteiger partial charge in [0.2, 0.25) is 0 Å². The van der Waals surface area contributed by atoms with Gasteiger partial charge < -0.3 is 9.47 Å². The van der Waals surface area contributed by atoms with Crippen LogP contribution in [0.2, 0.25) is 0 Å². The van der Waals surface area contributed by atoms with E-state index in [0.29, 0.717) is 24.3 Å². The topological polar surface area (TPSA) is 90.1 Å². The first kappa shape index (κ1) is 41.7. The Morgan fingerprint density at radius 3 is 1.00 bits per heavy atom. The molecule has 22 heteroatoms. The number of hydrogen-bond acceptors (Lipinski definition) is 6. The zero-order valence-corrected chi connectivity index (χ0v) is 26.3. The second-order valence-electron chi connectivity index (χ2n) is 11.0. The second kappa shape index (κ2) is 14.3. The van der Waals surface area contributed by atoms with Crippen LogP contribution < -0.4 is 20.1 Å². The molecule has 0 saturated heterocycles. The predicted octanol–water partition coefficient (Wildman–Crippen LogP) is 11.8. The summed E-state index contributed by atoms with van der Waals surface area (Å²) in [5.41, 5.74) is -13.9. The first-order chi connectivity index (χ1) is 25.2. The van der Waals surface area contributed by atoms with E-state index in [9.17, 15) is 52.7 Å². The van der Waals surface area contributed by atoms with Gasteiger partial charge in [-0.2, -0.15) is 80.8 Å². The third kappa shape index (κ3) is 7.79. The molecule has 0 fully saturated rings. The molecule has 0 radical (unpaired) electrons. The molecule has 55 heavy (non-hydrogen) atoms. The van der Waals surface area contributed by atoms with Crippen molar-refractivity contribution >= 4 is 11.4 Å². The molecule has 0 heterocycles. The first-order valence-electron chi connectivity index (χ1n) is 14.4. The molecular weight excluding hydrogens is 788 g/mol. The molecule has 4 rings (SSSR count). The number of nitriles is 2. The van der Waals surface area contributed by atoms with Gasteiger partial charge in [-0.1, -0.05) is 24.3 Å². The van der Waals surface area contributed by atoms with Crippen molar-refractivity contribution in [3.05, 3.63) is 107 Å². The van der Waals surface area contributed by atoms with Crippen LogP contribution >= 0.6 is 0 Å². The van der Waals surface area contributed by atoms with Gasteiger partial charge in [-0.05, 0) is 71.8 Å². The molecule has 0 aliphatic heterocycles. The van der Waals surface area contributed by atoms with Crippen molar-refractivity contribution in [1.29, 1.82) is 10.5 Å². The lowest BCUT2D eigenvalue weighted by atomic mass is 9.64. The molecule has 0 saturated carbocycles. The average Bonchev–Trinajstić information content (AvgIpc) is 3.06. The monoisotopic (exact) mass is 804 g/mol. The molecule has 0 aliphatic rings. The van der Waals surface area contributed by atoms with Crippen LogP contribution in [0.5, 0.6) is 23.0 Å². The van der Waals surface area contributed by atoms with Crippen LogP contribution in [0.3, 0.4) is 0 Å². The standard InChI is InChI=1S/C33H16F16N4O2/c34-28(35,36)23-13-19(52-15-50)5-11-25(23)54-21-7-1-17(2-8-21)27(30(40,41)32(44,45)46,31(42,43)33(47,48)49)18-3-9-22(10-4-18)55-26-12-6-20(53-16-51)14-24(26)29(37,38)39/h1-14,52-53H. The maximum Gasteiger partial charge on any atom is 0.454 e. The molecule has 0 atom stereocenters. The quantitative estimate of drug-likeness (QED) is 0.0943. The summed E-state index contributed by atoms with van der Waals surface area (Å²) in [6, 6.07) is 4.20. The molecule has 2 N–H and O–H groups in total. The minimum Gasteiger partial charge on any atom is -0.457 e. The molecule has 4 aromatic carbocycles. The van der Waals surface area contributed by atoms with E-state index >= 15 is 17.6 Å². The zero-order chi connectivity index (χ0) is 41.4. The Labute approximate surface area is 297 Å². The van der Waals surface area contributed by atoms with E-state index in [1.165, 1.54) is 12.4 Å². The van der Waals surface area contributed by atoms with Crippen LogP contribution in [0.1, 0.15) is 22.3 Å². The summed E-state index contributed by atoms with van der Waals surface area (Å²) in [6.45, 7) is 0. The lowest BCUT2D eigenvalue weighted by Gasteiger charge is -2.46. The van der Waals surface area contributed by atoms with Gasteiger partial charge in [-0.25, -0.2) is 0 Å². The largest absolute Gasteiger partial charge is 0.457 e. The van der Waals surface area contributed by atoms with Crippen molar-refractivity contribution < 1.29 is 79.7 Å². The van der Waals surface area contributed by atoms with Crippen LogP contribution in [0.25, 0.3) is 0 Å². The minimum atomic E-state index is -7.17. The number of benzene rings is 4. The lowest BCUT2D eigenvalue weighted by molar-refractivity contribution is -0.375. The fraction of sp³-hybridized carbons (Fsp3) is 0.212. The third-order valence-electron chi connectivity index (χ3n) is 7.65. The van der Waals surface area contributed by atoms with Gasteiger partial charge in [0.25, 0.3) is 0 Å². The maximum absolute atomic E-state index is 15.6. The van der Waals surface area contributed by atoms with E-state index in [4.69, 9.17) is 20.0 Å². The van der Waals surface area contributed by atoms with E-state index in [0.717, 1.165) is 12.1 Å². The highest BCUT2D eigenvalue weighted by molar-refractivity contribution is 5.57. The minimum absolute atomic E-state index is 0.107. The summed E-state index contributed by atoms with van der Waals surface area (Å²) in [7, 11) is 0. The Balaban J connectivity index is 1.92. The number of nitrogens with one attached hydrogen (secondary N) is 2. The molecular formula is C33H16F16N4O2. The summed E-state index contributed by atoms with van der Waals surface area (Å²) < 4.78 is 239. The smallest absolute Gasteiger partial charge is 0.454 e. The second-order valence-corrected chi connectivity index (χ2v) is 11.0. The Kier molecular flexibility index (Phi) is 10.8. The summed E-state index contributed by atoms with van der Waals surface area (Å²) in [4.78, 5) is 0. The first-order valence-corrected chi connectivity index (χ1v) is 14.4. The number of alkyl halides is 16. The van der Waals surface area contributed by atoms with Crippen LogP contribution in [0.15, 0.2) is 84.9 Å². The average molecular weight is 804 g/mol. The highest BCUT2D eigenvalue weighted by Crippen LogP contribution is 2.64. The van der Waals surface area contributed by atoms with Gasteiger partial charge >= 0.3 is 36.6 Å². The Hall–Kier alpha value is -6.06. The van der Waals surface area contributed by atoms with E-state index < -0.39 is 98.6 Å². The van der Waals surface area contributed by atoms with Crippen LogP contribution in [0.4, 0.5) is 81.6 Å². The van der Waals surface area contributed by atoms with Crippen LogP contribution in [0, 0.1) is 22.9 Å². The van der Waals surface area contributed by atoms with Crippen molar-refractivity contribution in [2.45, 2.75) is 42.0 Å². The SMILES string of the molecule is N#CNc1ccc(Oc2ccc(C(c3ccc(Oc4ccc(NC#N)cc4C(F)(F)F)cc3)(C(F)(F)C(F)(F)F)C(F)(F)C(F)(F)F)cc2)c(C(F)(F)F)c1. The van der Waals surface area contributed by atoms with Crippen LogP contribution in [-0.4, -0.2) is 24.2 Å². The van der Waals surface area contributed by atoms with Gasteiger partial charge in [0.1, 0.15) is 34.1 Å². The van der Waals surface area contributed by atoms with Crippen molar-refractivity contribution in [1.82, 2.24) is 0 Å². The summed E-state index contributed by atoms with van der Waals surface area (Å²) in [5, 5.41) is 21.1. The highest BCUT2D eigenvalue weighted by atomic mass is 19.4. The fourth-order valence-electron chi connectivity index (χ4n) is 5.28. The molecule has 4 aromatic rings. The molecule has 0 aliphatic carbocycles. The zero-order valence-electron chi connectivity index (χ0n) is 26.3. The maximum atomic E-state index is 15.6. The van der Waals surface area contributed by atoms with Crippen molar-refractivity contribution in [3.8, 4) is 35.4 Å². The van der Waals surface area contributed by atoms with Crippen molar-refractivity contribution in [3.63, 3.8) is 0 Å². The number of ether oxygens (including phenoxy) is 2. The molecule has 0 spiro atoms. The van der Waals surface area contributed by atoms with Gasteiger partial charge in [0, 0.05) is 11.4 Å². The fourth-order valence-corrected chi connectivity index (χ4v) is 5.28. The normalized spacial score (nSPS) is 13.1. The number of halogens is 16. The van der Waals surface area contributed by atoms with E-state index in [2.05, 4.69) is 0 Å². The Bertz CT molecular complexity index is 1940. The molecule has 0 amide bonds. The predicted molar refractivity (Wildman–Crippen MR) is 157 cm³/mol. The van der Waals surface area contributed by atoms with Gasteiger partial charge in [0.05, 0.1) is 0 Å². The van der Waals surface area contributed by atoms with E-state index in [1.54, 1.807) is 0 Å². The number of hydrogen-bond donors (Lipinski definition) is 2. The Morgan fingerprint density at radius 2 is 0.745 bits per heavy atom. The molecule has 0 bridgehead atoms. The molecule has 292 valence electrons. The number of nitrogens with zero attached hydrogens (tertiary/aromatic N) is 2. The van der Waals surface area contributed by atoms with Crippen LogP contribution in [-0.2, 0) is 17.8 Å². The Morgan fingerprint density at radius 1 is 0.436 bits per heavy atom. The van der Waals surface area contributed by atoms with Gasteiger partial charge in [-0.15, -0.1) is 0 Å². The van der Waals surface area contributed by atoms with Gasteiger partial charge in [0.15, 0.2) is 17.8 Å².